The van der Waals surface area contributed by atoms with Crippen LogP contribution in [0.2, 0.25) is 0 Å². The monoisotopic (exact) mass is 1420 g/mol. The minimum absolute atomic E-state index is 0.892. The van der Waals surface area contributed by atoms with Crippen LogP contribution in [0.15, 0.2) is 389 Å². The van der Waals surface area contributed by atoms with Gasteiger partial charge in [0.05, 0.1) is 67.3 Å². The van der Waals surface area contributed by atoms with Crippen LogP contribution in [0, 0.1) is 0 Å². The van der Waals surface area contributed by atoms with Gasteiger partial charge in [-0.05, 0) is 198 Å². The Kier molecular flexibility index (Phi) is 16.1. The summed E-state index contributed by atoms with van der Waals surface area (Å²) < 4.78 is 0. The lowest BCUT2D eigenvalue weighted by molar-refractivity contribution is 1.31. The minimum atomic E-state index is 0.892. The highest BCUT2D eigenvalue weighted by molar-refractivity contribution is 6.23. The molecule has 8 heteroatoms. The van der Waals surface area contributed by atoms with Crippen LogP contribution in [0.25, 0.3) is 221 Å². The van der Waals surface area contributed by atoms with Crippen LogP contribution in [-0.2, 0) is 0 Å². The highest BCUT2D eigenvalue weighted by atomic mass is 14.8. The van der Waals surface area contributed by atoms with Gasteiger partial charge in [0, 0.05) is 102 Å². The smallest absolute Gasteiger partial charge is 0.0978 e. The predicted octanol–water partition coefficient (Wildman–Crippen LogP) is 26.7. The van der Waals surface area contributed by atoms with Crippen molar-refractivity contribution in [2.45, 2.75) is 0 Å². The molecule has 0 amide bonds. The molecule has 0 aliphatic rings. The van der Waals surface area contributed by atoms with Gasteiger partial charge in [0.25, 0.3) is 0 Å². The number of para-hydroxylation sites is 2. The van der Waals surface area contributed by atoms with Crippen LogP contribution in [0.4, 0.5) is 0 Å². The zero-order valence-corrected chi connectivity index (χ0v) is 60.5. The molecule has 0 N–H and O–H groups in total. The van der Waals surface area contributed by atoms with Crippen molar-refractivity contribution in [2.75, 3.05) is 0 Å². The third-order valence-electron chi connectivity index (χ3n) is 21.8. The molecule has 22 rings (SSSR count). The molecule has 0 saturated carbocycles. The second-order valence-electron chi connectivity index (χ2n) is 28.4. The maximum absolute atomic E-state index is 5.55. The number of hydrogen-bond acceptors (Lipinski definition) is 8. The normalized spacial score (nSPS) is 11.6. The number of rotatable bonds is 10. The van der Waals surface area contributed by atoms with Crippen LogP contribution in [0.1, 0.15) is 0 Å². The molecular formula is C104H64N8. The van der Waals surface area contributed by atoms with Crippen molar-refractivity contribution in [3.63, 3.8) is 0 Å². The average molecular weight is 1430 g/mol. The van der Waals surface area contributed by atoms with Gasteiger partial charge in [-0.1, -0.05) is 243 Å². The lowest BCUT2D eigenvalue weighted by Gasteiger charge is -2.19. The molecule has 0 spiro atoms. The van der Waals surface area contributed by atoms with Gasteiger partial charge in [0.15, 0.2) is 0 Å². The molecule has 0 atom stereocenters. The van der Waals surface area contributed by atoms with Crippen LogP contribution in [0.3, 0.4) is 0 Å². The maximum atomic E-state index is 5.55. The zero-order chi connectivity index (χ0) is 74.0. The van der Waals surface area contributed by atoms with Crippen molar-refractivity contribution >= 4 is 109 Å². The number of nitrogens with zero attached hydrogens (tertiary/aromatic N) is 8. The topological polar surface area (TPSA) is 103 Å². The van der Waals surface area contributed by atoms with Crippen molar-refractivity contribution in [1.82, 2.24) is 39.9 Å². The van der Waals surface area contributed by atoms with Crippen molar-refractivity contribution in [3.05, 3.63) is 389 Å². The fraction of sp³-hybridized carbons (Fsp3) is 0. The Morgan fingerprint density at radius 2 is 0.500 bits per heavy atom. The van der Waals surface area contributed by atoms with E-state index >= 15 is 0 Å². The van der Waals surface area contributed by atoms with Crippen LogP contribution >= 0.6 is 0 Å². The van der Waals surface area contributed by atoms with E-state index in [9.17, 15) is 0 Å². The molecule has 0 aliphatic carbocycles. The van der Waals surface area contributed by atoms with Crippen molar-refractivity contribution in [3.8, 4) is 112 Å². The molecular weight excluding hydrogens is 1360 g/mol. The van der Waals surface area contributed by atoms with Gasteiger partial charge in [0.1, 0.15) is 0 Å². The third-order valence-corrected chi connectivity index (χ3v) is 21.8. The third kappa shape index (κ3) is 11.7. The molecule has 14 aromatic carbocycles. The summed E-state index contributed by atoms with van der Waals surface area (Å²) in [5.74, 6) is 0. The molecule has 112 heavy (non-hydrogen) atoms. The Balaban J connectivity index is 0.000000141. The summed E-state index contributed by atoms with van der Waals surface area (Å²) in [6, 6.07) is 128. The number of benzene rings is 14. The van der Waals surface area contributed by atoms with Gasteiger partial charge in [0.2, 0.25) is 0 Å². The highest BCUT2D eigenvalue weighted by Crippen LogP contribution is 2.47. The number of hydrogen-bond donors (Lipinski definition) is 0. The summed E-state index contributed by atoms with van der Waals surface area (Å²) >= 11 is 0. The van der Waals surface area contributed by atoms with E-state index in [0.717, 1.165) is 177 Å². The zero-order valence-electron chi connectivity index (χ0n) is 60.5. The minimum Gasteiger partial charge on any atom is -0.256 e. The molecule has 520 valence electrons. The molecule has 8 heterocycles. The largest absolute Gasteiger partial charge is 0.256 e. The van der Waals surface area contributed by atoms with E-state index in [1.165, 1.54) is 43.8 Å². The molecule has 0 aliphatic heterocycles. The average Bonchev–Trinajstić information content (AvgIpc) is 0.731. The first kappa shape index (κ1) is 65.2. The standard InChI is InChI=1S/2C52H32N4/c1-2-14-33(15-3-1)48-42-20-8-9-23-46(42)55-52-43(48)26-24-34-25-27-47(56-51(34)52)50-40-18-6-4-16-38(40)49(39-17-5-7-19-41(39)50)37-31-35(44-21-10-12-28-53-44)30-36(32-37)45-22-11-13-29-54-45;1-2-10-34(11-3-1)50-43-12-4-5-15-49(43)56-52-44(50)24-20-35-22-25-48(55-51(35)52)38-19-17-33-16-18-37-28-36(21-23-42(37)45(33)32-38)39-29-40(46-13-6-8-26-53-46)31-41(30-39)47-14-7-9-27-54-47/h2*1-32H. The summed E-state index contributed by atoms with van der Waals surface area (Å²) in [5, 5.41) is 15.9. The summed E-state index contributed by atoms with van der Waals surface area (Å²) in [5.41, 5.74) is 26.7. The first-order valence-electron chi connectivity index (χ1n) is 37.7. The Labute approximate surface area is 645 Å². The number of aromatic nitrogens is 8. The molecule has 0 bridgehead atoms. The maximum Gasteiger partial charge on any atom is 0.0978 e. The van der Waals surface area contributed by atoms with E-state index in [2.05, 4.69) is 325 Å². The first-order valence-corrected chi connectivity index (χ1v) is 37.7. The van der Waals surface area contributed by atoms with Crippen molar-refractivity contribution < 1.29 is 0 Å². The Bertz CT molecular complexity index is 7300. The van der Waals surface area contributed by atoms with Gasteiger partial charge < -0.3 is 0 Å². The molecule has 8 aromatic heterocycles. The quantitative estimate of drug-likeness (QED) is 0.0985. The van der Waals surface area contributed by atoms with Crippen molar-refractivity contribution in [2.24, 2.45) is 0 Å². The first-order chi connectivity index (χ1) is 55.5. The van der Waals surface area contributed by atoms with E-state index in [0.29, 0.717) is 0 Å². The molecule has 22 aromatic rings. The van der Waals surface area contributed by atoms with E-state index in [1.807, 2.05) is 73.3 Å². The van der Waals surface area contributed by atoms with Gasteiger partial charge in [-0.15, -0.1) is 0 Å². The Morgan fingerprint density at radius 1 is 0.143 bits per heavy atom. The highest BCUT2D eigenvalue weighted by Gasteiger charge is 2.23. The Hall–Kier alpha value is -15.1. The SMILES string of the molecule is c1ccc(-c2c3ccccc3nc3c2ccc2ccc(-c4c5ccccc5c(-c5cc(-c6ccccn6)cc(-c6ccccn6)c5)c5ccccc45)nc23)cc1.c1ccc(-c2c3ccccc3nc3c2ccc2ccc(-c4ccc5ccc6cc(-c7cc(-c8ccccn8)cc(-c8ccccn8)c7)ccc6c5c4)nc23)cc1. The number of pyridine rings is 8. The molecule has 0 radical (unpaired) electrons. The molecule has 0 unspecified atom stereocenters. The van der Waals surface area contributed by atoms with Crippen LogP contribution in [-0.4, -0.2) is 39.9 Å². The van der Waals surface area contributed by atoms with Crippen molar-refractivity contribution in [1.29, 1.82) is 0 Å². The lowest BCUT2D eigenvalue weighted by atomic mass is 9.86. The van der Waals surface area contributed by atoms with E-state index in [-0.39, 0.29) is 0 Å². The fourth-order valence-electron chi connectivity index (χ4n) is 16.6. The summed E-state index contributed by atoms with van der Waals surface area (Å²) in [6.07, 6.45) is 7.38. The molecule has 8 nitrogen and oxygen atoms in total. The second kappa shape index (κ2) is 27.6. The number of fused-ring (bicyclic) bond motifs is 13. The van der Waals surface area contributed by atoms with E-state index in [1.54, 1.807) is 0 Å². The van der Waals surface area contributed by atoms with Gasteiger partial charge in [-0.3, -0.25) is 19.9 Å². The van der Waals surface area contributed by atoms with E-state index < -0.39 is 0 Å². The summed E-state index contributed by atoms with van der Waals surface area (Å²) in [4.78, 5) is 40.3. The fourth-order valence-corrected chi connectivity index (χ4v) is 16.6. The van der Waals surface area contributed by atoms with Crippen LogP contribution in [0.5, 0.6) is 0 Å². The molecule has 0 saturated heterocycles. The Morgan fingerprint density at radius 3 is 0.982 bits per heavy atom. The lowest BCUT2D eigenvalue weighted by Crippen LogP contribution is -1.95. The van der Waals surface area contributed by atoms with Gasteiger partial charge in [-0.2, -0.15) is 0 Å². The van der Waals surface area contributed by atoms with Gasteiger partial charge >= 0.3 is 0 Å². The predicted molar refractivity (Wildman–Crippen MR) is 465 cm³/mol. The van der Waals surface area contributed by atoms with Gasteiger partial charge in [-0.25, -0.2) is 19.9 Å². The molecule has 0 fully saturated rings. The second-order valence-corrected chi connectivity index (χ2v) is 28.4. The van der Waals surface area contributed by atoms with E-state index in [4.69, 9.17) is 29.9 Å². The summed E-state index contributed by atoms with van der Waals surface area (Å²) in [6.45, 7) is 0. The van der Waals surface area contributed by atoms with Crippen LogP contribution < -0.4 is 0 Å². The summed E-state index contributed by atoms with van der Waals surface area (Å²) in [7, 11) is 0.